The number of para-hydroxylation sites is 1. The summed E-state index contributed by atoms with van der Waals surface area (Å²) in [6.07, 6.45) is 3.29. The van der Waals surface area contributed by atoms with Crippen LogP contribution in [0.3, 0.4) is 0 Å². The summed E-state index contributed by atoms with van der Waals surface area (Å²) < 4.78 is 6.36. The molecule has 3 fully saturated rings. The molecule has 1 saturated heterocycles. The number of amides is 1. The summed E-state index contributed by atoms with van der Waals surface area (Å²) >= 11 is 0. The van der Waals surface area contributed by atoms with Gasteiger partial charge in [-0.2, -0.15) is 0 Å². The number of fused-ring (bicyclic) bond motifs is 3. The molecular formula is C20H23NO4. The number of hydrogen-bond acceptors (Lipinski definition) is 4. The van der Waals surface area contributed by atoms with Gasteiger partial charge in [0.25, 0.3) is 0 Å². The summed E-state index contributed by atoms with van der Waals surface area (Å²) in [4.78, 5) is 27.5. The van der Waals surface area contributed by atoms with Crippen LogP contribution in [-0.4, -0.2) is 46.5 Å². The number of carbonyl (C=O) groups excluding carboxylic acids is 2. The Kier molecular flexibility index (Phi) is 3.26. The molecular weight excluding hydrogens is 318 g/mol. The van der Waals surface area contributed by atoms with Crippen molar-refractivity contribution in [2.45, 2.75) is 43.8 Å². The van der Waals surface area contributed by atoms with Crippen molar-refractivity contribution < 1.29 is 19.4 Å². The highest BCUT2D eigenvalue weighted by Gasteiger charge is 2.71. The van der Waals surface area contributed by atoms with Gasteiger partial charge in [0.05, 0.1) is 18.1 Å². The molecule has 1 amide bonds. The number of aliphatic hydroxyl groups excluding tert-OH is 1. The molecule has 132 valence electrons. The molecule has 4 atom stereocenters. The molecule has 1 spiro atoms. The molecule has 1 aromatic rings. The molecule has 1 aromatic carbocycles. The van der Waals surface area contributed by atoms with Gasteiger partial charge in [-0.05, 0) is 43.7 Å². The Morgan fingerprint density at radius 1 is 1.20 bits per heavy atom. The quantitative estimate of drug-likeness (QED) is 0.849. The average Bonchev–Trinajstić information content (AvgIpc) is 3.26. The van der Waals surface area contributed by atoms with Gasteiger partial charge >= 0.3 is 0 Å². The topological polar surface area (TPSA) is 66.8 Å². The zero-order valence-electron chi connectivity index (χ0n) is 14.2. The van der Waals surface area contributed by atoms with Crippen LogP contribution < -0.4 is 4.74 Å². The maximum Gasteiger partial charge on any atom is 0.226 e. The number of piperidine rings is 1. The van der Waals surface area contributed by atoms with Gasteiger partial charge in [0.15, 0.2) is 5.78 Å². The standard InChI is InChI=1S/C20H23NO4/c22-12-6-9-21(10-7-12)19(24)17-14-5-8-20(18(14)17)11-15(23)13-3-1-2-4-16(13)25-20/h1-4,12,14,17-18,22H,5-11H2/t14-,17-,18+,20+/m1/s1. The van der Waals surface area contributed by atoms with Crippen LogP contribution >= 0.6 is 0 Å². The van der Waals surface area contributed by atoms with E-state index in [2.05, 4.69) is 0 Å². The normalized spacial score (nSPS) is 36.8. The number of carbonyl (C=O) groups is 2. The maximum absolute atomic E-state index is 12.9. The molecule has 0 aromatic heterocycles. The molecule has 0 unspecified atom stereocenters. The number of Topliss-reactive ketones (excluding diaryl/α,β-unsaturated/α-hetero) is 1. The van der Waals surface area contributed by atoms with Crippen molar-refractivity contribution in [3.63, 3.8) is 0 Å². The first-order valence-electron chi connectivity index (χ1n) is 9.37. The van der Waals surface area contributed by atoms with Crippen LogP contribution in [-0.2, 0) is 4.79 Å². The number of ether oxygens (including phenoxy) is 1. The third-order valence-electron chi connectivity index (χ3n) is 6.70. The fourth-order valence-corrected chi connectivity index (χ4v) is 5.40. The Labute approximate surface area is 147 Å². The van der Waals surface area contributed by atoms with Crippen molar-refractivity contribution in [3.8, 4) is 5.75 Å². The lowest BCUT2D eigenvalue weighted by Gasteiger charge is -2.37. The molecule has 2 aliphatic heterocycles. The lowest BCUT2D eigenvalue weighted by Crippen LogP contribution is -2.46. The highest BCUT2D eigenvalue weighted by Crippen LogP contribution is 2.66. The summed E-state index contributed by atoms with van der Waals surface area (Å²) in [6.45, 7) is 1.29. The minimum absolute atomic E-state index is 0.00190. The van der Waals surface area contributed by atoms with Gasteiger partial charge in [0, 0.05) is 24.9 Å². The lowest BCUT2D eigenvalue weighted by atomic mass is 9.84. The van der Waals surface area contributed by atoms with Gasteiger partial charge in [0.1, 0.15) is 11.4 Å². The Hall–Kier alpha value is -1.88. The van der Waals surface area contributed by atoms with E-state index < -0.39 is 5.60 Å². The summed E-state index contributed by atoms with van der Waals surface area (Å²) in [6, 6.07) is 7.45. The largest absolute Gasteiger partial charge is 0.486 e. The van der Waals surface area contributed by atoms with Crippen molar-refractivity contribution in [1.29, 1.82) is 0 Å². The van der Waals surface area contributed by atoms with Crippen LogP contribution in [0, 0.1) is 17.8 Å². The molecule has 5 rings (SSSR count). The Morgan fingerprint density at radius 3 is 2.76 bits per heavy atom. The Bertz CT molecular complexity index is 739. The van der Waals surface area contributed by atoms with Gasteiger partial charge in [-0.3, -0.25) is 9.59 Å². The van der Waals surface area contributed by atoms with Crippen LogP contribution in [0.2, 0.25) is 0 Å². The minimum atomic E-state index is -0.480. The molecule has 25 heavy (non-hydrogen) atoms. The van der Waals surface area contributed by atoms with Crippen molar-refractivity contribution >= 4 is 11.7 Å². The molecule has 2 heterocycles. The monoisotopic (exact) mass is 341 g/mol. The van der Waals surface area contributed by atoms with Crippen LogP contribution in [0.25, 0.3) is 0 Å². The number of nitrogens with zero attached hydrogens (tertiary/aromatic N) is 1. The van der Waals surface area contributed by atoms with Crippen molar-refractivity contribution in [2.24, 2.45) is 17.8 Å². The third kappa shape index (κ3) is 2.25. The highest BCUT2D eigenvalue weighted by atomic mass is 16.5. The second-order valence-electron chi connectivity index (χ2n) is 8.07. The van der Waals surface area contributed by atoms with Crippen molar-refractivity contribution in [2.75, 3.05) is 13.1 Å². The SMILES string of the molecule is O=C1C[C@]2(CC[C@@H]3[C@@H](C(=O)N4CCC(O)CC4)[C@H]32)Oc2ccccc21. The molecule has 4 aliphatic rings. The molecule has 0 bridgehead atoms. The van der Waals surface area contributed by atoms with E-state index in [1.54, 1.807) is 0 Å². The minimum Gasteiger partial charge on any atom is -0.486 e. The molecule has 0 radical (unpaired) electrons. The van der Waals surface area contributed by atoms with E-state index in [1.807, 2.05) is 29.2 Å². The number of ketones is 1. The predicted octanol–water partition coefficient (Wildman–Crippen LogP) is 2.03. The van der Waals surface area contributed by atoms with Gasteiger partial charge in [0.2, 0.25) is 5.91 Å². The first-order chi connectivity index (χ1) is 12.1. The maximum atomic E-state index is 12.9. The zero-order chi connectivity index (χ0) is 17.2. The smallest absolute Gasteiger partial charge is 0.226 e. The van der Waals surface area contributed by atoms with E-state index in [9.17, 15) is 14.7 Å². The van der Waals surface area contributed by atoms with Crippen LogP contribution in [0.4, 0.5) is 0 Å². The lowest BCUT2D eigenvalue weighted by molar-refractivity contribution is -0.136. The van der Waals surface area contributed by atoms with Crippen LogP contribution in [0.1, 0.15) is 42.5 Å². The molecule has 5 heteroatoms. The predicted molar refractivity (Wildman–Crippen MR) is 90.3 cm³/mol. The van der Waals surface area contributed by atoms with E-state index in [0.717, 1.165) is 12.8 Å². The number of aliphatic hydroxyl groups is 1. The fraction of sp³-hybridized carbons (Fsp3) is 0.600. The second kappa shape index (κ2) is 5.31. The first kappa shape index (κ1) is 15.4. The van der Waals surface area contributed by atoms with Gasteiger partial charge in [-0.25, -0.2) is 0 Å². The molecule has 2 saturated carbocycles. The zero-order valence-corrected chi connectivity index (χ0v) is 14.2. The summed E-state index contributed by atoms with van der Waals surface area (Å²) in [5.41, 5.74) is 0.191. The Morgan fingerprint density at radius 2 is 1.96 bits per heavy atom. The van der Waals surface area contributed by atoms with Gasteiger partial charge in [-0.1, -0.05) is 12.1 Å². The van der Waals surface area contributed by atoms with Crippen molar-refractivity contribution in [3.05, 3.63) is 29.8 Å². The second-order valence-corrected chi connectivity index (χ2v) is 8.07. The number of likely N-dealkylation sites (tertiary alicyclic amines) is 1. The molecule has 5 nitrogen and oxygen atoms in total. The van der Waals surface area contributed by atoms with Gasteiger partial charge < -0.3 is 14.7 Å². The summed E-state index contributed by atoms with van der Waals surface area (Å²) in [7, 11) is 0. The van der Waals surface area contributed by atoms with E-state index in [4.69, 9.17) is 4.74 Å². The van der Waals surface area contributed by atoms with E-state index in [0.29, 0.717) is 49.6 Å². The molecule has 1 N–H and O–H groups in total. The van der Waals surface area contributed by atoms with Crippen LogP contribution in [0.15, 0.2) is 24.3 Å². The van der Waals surface area contributed by atoms with Gasteiger partial charge in [-0.15, -0.1) is 0 Å². The van der Waals surface area contributed by atoms with E-state index in [1.165, 1.54) is 0 Å². The number of rotatable bonds is 1. The first-order valence-corrected chi connectivity index (χ1v) is 9.37. The third-order valence-corrected chi connectivity index (χ3v) is 6.70. The average molecular weight is 341 g/mol. The summed E-state index contributed by atoms with van der Waals surface area (Å²) in [5, 5.41) is 9.65. The number of benzene rings is 1. The highest BCUT2D eigenvalue weighted by molar-refractivity contribution is 6.00. The van der Waals surface area contributed by atoms with E-state index >= 15 is 0 Å². The molecule has 2 aliphatic carbocycles. The van der Waals surface area contributed by atoms with Crippen LogP contribution in [0.5, 0.6) is 5.75 Å². The fourth-order valence-electron chi connectivity index (χ4n) is 5.40. The van der Waals surface area contributed by atoms with Crippen molar-refractivity contribution in [1.82, 2.24) is 4.90 Å². The Balaban J connectivity index is 1.36. The summed E-state index contributed by atoms with van der Waals surface area (Å²) in [5.74, 6) is 1.56. The van der Waals surface area contributed by atoms with E-state index in [-0.39, 0.29) is 29.6 Å². The number of hydrogen-bond donors (Lipinski definition) is 1.